The molecule has 3 saturated heterocycles. The zero-order chi connectivity index (χ0) is 21.8. The number of hydrogen-bond donors (Lipinski definition) is 1. The zero-order valence-corrected chi connectivity index (χ0v) is 18.2. The van der Waals surface area contributed by atoms with Gasteiger partial charge in [0.15, 0.2) is 11.4 Å². The molecule has 0 atom stereocenters. The normalized spacial score (nSPS) is 22.4. The van der Waals surface area contributed by atoms with Crippen LogP contribution in [0.4, 0.5) is 17.3 Å². The van der Waals surface area contributed by atoms with Crippen molar-refractivity contribution in [2.24, 2.45) is 10.2 Å². The Hall–Kier alpha value is -3.27. The van der Waals surface area contributed by atoms with E-state index in [4.69, 9.17) is 10.5 Å². The number of nitrogens with one attached hydrogen (secondary N) is 1. The molecule has 2 bridgehead atoms. The Morgan fingerprint density at radius 1 is 1.16 bits per heavy atom. The lowest BCUT2D eigenvalue weighted by Crippen LogP contribution is -2.68. The number of H-pyrrole nitrogens is 1. The van der Waals surface area contributed by atoms with Gasteiger partial charge in [-0.25, -0.2) is 0 Å². The Kier molecular flexibility index (Phi) is 5.99. The average Bonchev–Trinajstić information content (AvgIpc) is 3.22. The lowest BCUT2D eigenvalue weighted by Gasteiger charge is -2.51. The second kappa shape index (κ2) is 8.84. The fourth-order valence-corrected chi connectivity index (χ4v) is 4.49. The SMILES string of the molecule is CCN(CC[N+]12CCN(CC1)CC2)c1ccc(/N=N/c2nc(C#N)c(C#N)[nH]2)c(C)c1. The molecular weight excluding hydrogens is 390 g/mol. The molecule has 4 heterocycles. The van der Waals surface area contributed by atoms with Crippen LogP contribution in [-0.4, -0.2) is 78.3 Å². The monoisotopic (exact) mass is 418 g/mol. The number of nitrogens with zero attached hydrogens (tertiary/aromatic N) is 8. The molecule has 0 unspecified atom stereocenters. The van der Waals surface area contributed by atoms with Crippen LogP contribution in [0.1, 0.15) is 23.9 Å². The molecule has 3 aliphatic heterocycles. The number of rotatable bonds is 7. The number of nitriles is 2. The van der Waals surface area contributed by atoms with Gasteiger partial charge in [-0.15, -0.1) is 10.2 Å². The first-order valence-electron chi connectivity index (χ1n) is 10.8. The molecule has 1 N–H and O–H groups in total. The summed E-state index contributed by atoms with van der Waals surface area (Å²) in [5, 5.41) is 26.3. The molecule has 1 aromatic carbocycles. The first-order chi connectivity index (χ1) is 15.1. The maximum Gasteiger partial charge on any atom is 0.249 e. The van der Waals surface area contributed by atoms with Gasteiger partial charge in [0.05, 0.1) is 38.4 Å². The summed E-state index contributed by atoms with van der Waals surface area (Å²) in [5.41, 5.74) is 3.09. The summed E-state index contributed by atoms with van der Waals surface area (Å²) < 4.78 is 1.26. The largest absolute Gasteiger partial charge is 0.366 e. The molecular formula is C22H28N9+. The number of benzene rings is 1. The van der Waals surface area contributed by atoms with Gasteiger partial charge in [0.25, 0.3) is 0 Å². The number of aromatic amines is 1. The average molecular weight is 419 g/mol. The van der Waals surface area contributed by atoms with E-state index < -0.39 is 0 Å². The third-order valence-corrected chi connectivity index (χ3v) is 6.60. The molecule has 31 heavy (non-hydrogen) atoms. The lowest BCUT2D eigenvalue weighted by atomic mass is 10.1. The van der Waals surface area contributed by atoms with Crippen molar-refractivity contribution in [2.75, 3.05) is 63.8 Å². The van der Waals surface area contributed by atoms with Crippen molar-refractivity contribution in [3.05, 3.63) is 35.2 Å². The van der Waals surface area contributed by atoms with Crippen molar-refractivity contribution in [2.45, 2.75) is 13.8 Å². The van der Waals surface area contributed by atoms with E-state index in [1.807, 2.05) is 25.1 Å². The van der Waals surface area contributed by atoms with Crippen LogP contribution in [0.5, 0.6) is 0 Å². The number of aromatic nitrogens is 2. The standard InChI is InChI=1S/C22H28N9/c1-3-30(9-13-31-10-6-29(7-11-31)8-12-31)18-4-5-19(17(2)14-18)27-28-22-25-20(15-23)21(16-24)26-22/h4-5,14H,3,6-13H2,1-2H3,(H,25,26)/q+1/b28-27+. The summed E-state index contributed by atoms with van der Waals surface area (Å²) in [6, 6.07) is 9.96. The minimum atomic E-state index is 0.0311. The van der Waals surface area contributed by atoms with Crippen molar-refractivity contribution >= 4 is 17.3 Å². The third kappa shape index (κ3) is 4.43. The molecule has 0 saturated carbocycles. The molecule has 0 amide bonds. The second-order valence-electron chi connectivity index (χ2n) is 8.34. The summed E-state index contributed by atoms with van der Waals surface area (Å²) in [7, 11) is 0. The molecule has 2 aromatic rings. The zero-order valence-electron chi connectivity index (χ0n) is 18.2. The van der Waals surface area contributed by atoms with Gasteiger partial charge < -0.3 is 14.4 Å². The predicted octanol–water partition coefficient (Wildman–Crippen LogP) is 2.85. The number of piperazine rings is 3. The number of hydrogen-bond acceptors (Lipinski definition) is 7. The van der Waals surface area contributed by atoms with Gasteiger partial charge in [0.1, 0.15) is 12.1 Å². The van der Waals surface area contributed by atoms with Crippen LogP contribution in [0.15, 0.2) is 28.4 Å². The number of likely N-dealkylation sites (N-methyl/N-ethyl adjacent to an activating group) is 1. The van der Waals surface area contributed by atoms with Crippen molar-refractivity contribution in [3.8, 4) is 12.1 Å². The van der Waals surface area contributed by atoms with E-state index in [1.54, 1.807) is 0 Å². The third-order valence-electron chi connectivity index (χ3n) is 6.60. The van der Waals surface area contributed by atoms with Crippen molar-refractivity contribution < 1.29 is 4.48 Å². The number of anilines is 1. The van der Waals surface area contributed by atoms with Crippen LogP contribution in [0, 0.1) is 29.6 Å². The number of imidazole rings is 1. The van der Waals surface area contributed by atoms with Crippen LogP contribution in [-0.2, 0) is 0 Å². The highest BCUT2D eigenvalue weighted by molar-refractivity contribution is 5.57. The van der Waals surface area contributed by atoms with Crippen molar-refractivity contribution in [3.63, 3.8) is 0 Å². The van der Waals surface area contributed by atoms with Crippen LogP contribution in [0.25, 0.3) is 0 Å². The summed E-state index contributed by atoms with van der Waals surface area (Å²) in [6.45, 7) is 15.0. The number of azo groups is 1. The van der Waals surface area contributed by atoms with Gasteiger partial charge in [0, 0.05) is 31.9 Å². The van der Waals surface area contributed by atoms with Gasteiger partial charge in [-0.2, -0.15) is 15.5 Å². The number of aryl methyl sites for hydroxylation is 1. The molecule has 3 aliphatic rings. The molecule has 3 fully saturated rings. The second-order valence-corrected chi connectivity index (χ2v) is 8.34. The minimum Gasteiger partial charge on any atom is -0.366 e. The Labute approximate surface area is 182 Å². The Balaban J connectivity index is 1.44. The van der Waals surface area contributed by atoms with E-state index in [2.05, 4.69) is 49.1 Å². The molecule has 9 nitrogen and oxygen atoms in total. The highest BCUT2D eigenvalue weighted by atomic mass is 15.5. The Bertz CT molecular complexity index is 1000. The van der Waals surface area contributed by atoms with Crippen LogP contribution < -0.4 is 4.90 Å². The van der Waals surface area contributed by atoms with Gasteiger partial charge in [-0.05, 0) is 37.6 Å². The molecule has 0 radical (unpaired) electrons. The summed E-state index contributed by atoms with van der Waals surface area (Å²) in [6.07, 6.45) is 0. The maximum atomic E-state index is 9.01. The predicted molar refractivity (Wildman–Crippen MR) is 117 cm³/mol. The molecule has 160 valence electrons. The topological polar surface area (TPSA) is 107 Å². The van der Waals surface area contributed by atoms with Gasteiger partial charge in [-0.1, -0.05) is 0 Å². The van der Waals surface area contributed by atoms with Crippen LogP contribution in [0.2, 0.25) is 0 Å². The summed E-state index contributed by atoms with van der Waals surface area (Å²) in [4.78, 5) is 11.7. The fraction of sp³-hybridized carbons (Fsp3) is 0.500. The summed E-state index contributed by atoms with van der Waals surface area (Å²) in [5.74, 6) is 0.155. The van der Waals surface area contributed by atoms with Gasteiger partial charge >= 0.3 is 0 Å². The van der Waals surface area contributed by atoms with Crippen LogP contribution >= 0.6 is 0 Å². The van der Waals surface area contributed by atoms with Crippen LogP contribution in [0.3, 0.4) is 0 Å². The van der Waals surface area contributed by atoms with E-state index in [9.17, 15) is 0 Å². The lowest BCUT2D eigenvalue weighted by molar-refractivity contribution is -0.939. The highest BCUT2D eigenvalue weighted by Crippen LogP contribution is 2.27. The molecule has 0 spiro atoms. The van der Waals surface area contributed by atoms with E-state index >= 15 is 0 Å². The summed E-state index contributed by atoms with van der Waals surface area (Å²) >= 11 is 0. The molecule has 9 heteroatoms. The number of fused-ring (bicyclic) bond motifs is 3. The first-order valence-corrected chi connectivity index (χ1v) is 10.8. The Morgan fingerprint density at radius 3 is 2.48 bits per heavy atom. The smallest absolute Gasteiger partial charge is 0.249 e. The maximum absolute atomic E-state index is 9.01. The molecule has 0 aliphatic carbocycles. The molecule has 1 aromatic heterocycles. The van der Waals surface area contributed by atoms with E-state index in [1.165, 1.54) is 56.0 Å². The van der Waals surface area contributed by atoms with E-state index in [0.29, 0.717) is 0 Å². The first kappa shape index (κ1) is 21.0. The minimum absolute atomic E-state index is 0.0311. The van der Waals surface area contributed by atoms with Gasteiger partial charge in [-0.3, -0.25) is 4.90 Å². The highest BCUT2D eigenvalue weighted by Gasteiger charge is 2.38. The quantitative estimate of drug-likeness (QED) is 0.549. The van der Waals surface area contributed by atoms with E-state index in [0.717, 1.165) is 24.3 Å². The van der Waals surface area contributed by atoms with Crippen molar-refractivity contribution in [1.82, 2.24) is 14.9 Å². The molecule has 5 rings (SSSR count). The van der Waals surface area contributed by atoms with Crippen molar-refractivity contribution in [1.29, 1.82) is 10.5 Å². The number of quaternary nitrogens is 1. The van der Waals surface area contributed by atoms with E-state index in [-0.39, 0.29) is 17.3 Å². The fourth-order valence-electron chi connectivity index (χ4n) is 4.49. The van der Waals surface area contributed by atoms with Gasteiger partial charge in [0.2, 0.25) is 5.95 Å². The Morgan fingerprint density at radius 2 is 1.90 bits per heavy atom.